The van der Waals surface area contributed by atoms with Gasteiger partial charge in [-0.15, -0.1) is 0 Å². The summed E-state index contributed by atoms with van der Waals surface area (Å²) in [5, 5.41) is 16.9. The molecule has 0 saturated heterocycles. The van der Waals surface area contributed by atoms with Gasteiger partial charge in [0, 0.05) is 6.04 Å². The molecule has 0 heterocycles. The quantitative estimate of drug-likeness (QED) is 0.386. The second-order valence-electron chi connectivity index (χ2n) is 2.47. The van der Waals surface area contributed by atoms with Crippen molar-refractivity contribution in [1.29, 1.82) is 0 Å². The largest absolute Gasteiger partial charge is 0.480 e. The molecule has 0 aromatic rings. The Balaban J connectivity index is 3.68. The van der Waals surface area contributed by atoms with Crippen LogP contribution in [0.5, 0.6) is 0 Å². The van der Waals surface area contributed by atoms with Crippen LogP contribution in [0.25, 0.3) is 0 Å². The first-order valence-electron chi connectivity index (χ1n) is 3.59. The number of aliphatic carboxylic acids is 1. The zero-order valence-corrected chi connectivity index (χ0v) is 6.68. The number of hydrogen-bond acceptors (Lipinski definition) is 4. The van der Waals surface area contributed by atoms with Gasteiger partial charge in [0.15, 0.2) is 0 Å². The summed E-state index contributed by atoms with van der Waals surface area (Å²) in [6.07, 6.45) is 3.33. The Morgan fingerprint density at radius 1 is 1.50 bits per heavy atom. The molecule has 0 aromatic carbocycles. The van der Waals surface area contributed by atoms with Gasteiger partial charge < -0.3 is 21.7 Å². The monoisotopic (exact) mass is 174 g/mol. The van der Waals surface area contributed by atoms with Crippen molar-refractivity contribution in [3.63, 3.8) is 0 Å². The van der Waals surface area contributed by atoms with Gasteiger partial charge in [-0.05, 0) is 6.42 Å². The van der Waals surface area contributed by atoms with Crippen molar-refractivity contribution in [3.8, 4) is 0 Å². The highest BCUT2D eigenvalue weighted by atomic mass is 16.4. The van der Waals surface area contributed by atoms with Gasteiger partial charge in [-0.1, -0.05) is 12.2 Å². The lowest BCUT2D eigenvalue weighted by molar-refractivity contribution is -0.137. The van der Waals surface area contributed by atoms with Crippen LogP contribution in [0.2, 0.25) is 0 Å². The number of rotatable bonds is 5. The Morgan fingerprint density at radius 2 is 2.08 bits per heavy atom. The standard InChI is InChI=1S/C7H14N2O3/c8-5(4-10)2-1-3-6(9)7(11)12/h1,3,5-6,10H,2,4,8-9H2,(H,11,12). The van der Waals surface area contributed by atoms with Gasteiger partial charge >= 0.3 is 5.97 Å². The van der Waals surface area contributed by atoms with Gasteiger partial charge in [0.1, 0.15) is 6.04 Å². The molecule has 0 saturated carbocycles. The average molecular weight is 174 g/mol. The van der Waals surface area contributed by atoms with E-state index < -0.39 is 12.0 Å². The number of hydrogen-bond donors (Lipinski definition) is 4. The van der Waals surface area contributed by atoms with Crippen molar-refractivity contribution in [2.24, 2.45) is 11.5 Å². The van der Waals surface area contributed by atoms with Crippen LogP contribution in [0.4, 0.5) is 0 Å². The summed E-state index contributed by atoms with van der Waals surface area (Å²) in [6.45, 7) is -0.118. The van der Waals surface area contributed by atoms with E-state index in [1.807, 2.05) is 0 Å². The predicted molar refractivity (Wildman–Crippen MR) is 44.4 cm³/mol. The highest BCUT2D eigenvalue weighted by molar-refractivity contribution is 5.75. The summed E-state index contributed by atoms with van der Waals surface area (Å²) in [7, 11) is 0. The van der Waals surface area contributed by atoms with Gasteiger partial charge in [0.25, 0.3) is 0 Å². The molecule has 12 heavy (non-hydrogen) atoms. The van der Waals surface area contributed by atoms with Gasteiger partial charge in [-0.3, -0.25) is 4.79 Å². The van der Waals surface area contributed by atoms with Crippen LogP contribution in [0.15, 0.2) is 12.2 Å². The summed E-state index contributed by atoms with van der Waals surface area (Å²) in [5.74, 6) is -1.08. The van der Waals surface area contributed by atoms with Crippen LogP contribution in [0.3, 0.4) is 0 Å². The highest BCUT2D eigenvalue weighted by Crippen LogP contribution is 1.90. The minimum Gasteiger partial charge on any atom is -0.480 e. The van der Waals surface area contributed by atoms with Crippen LogP contribution in [0, 0.1) is 0 Å². The molecule has 0 aliphatic rings. The van der Waals surface area contributed by atoms with Gasteiger partial charge in [0.2, 0.25) is 0 Å². The number of carbonyl (C=O) groups is 1. The number of carboxylic acid groups (broad SMARTS) is 1. The summed E-state index contributed by atoms with van der Waals surface area (Å²) in [4.78, 5) is 10.2. The van der Waals surface area contributed by atoms with E-state index in [1.54, 1.807) is 6.08 Å². The topological polar surface area (TPSA) is 110 Å². The Morgan fingerprint density at radius 3 is 2.50 bits per heavy atom. The molecule has 0 aliphatic heterocycles. The van der Waals surface area contributed by atoms with Crippen molar-refractivity contribution in [2.75, 3.05) is 6.61 Å². The minimum absolute atomic E-state index is 0.118. The van der Waals surface area contributed by atoms with E-state index in [0.29, 0.717) is 6.42 Å². The lowest BCUT2D eigenvalue weighted by Gasteiger charge is -2.03. The number of carboxylic acids is 1. The van der Waals surface area contributed by atoms with Gasteiger partial charge in [-0.25, -0.2) is 0 Å². The molecule has 0 rings (SSSR count). The first-order valence-corrected chi connectivity index (χ1v) is 3.59. The lowest BCUT2D eigenvalue weighted by atomic mass is 10.2. The first kappa shape index (κ1) is 11.1. The second kappa shape index (κ2) is 5.70. The molecule has 0 aromatic heterocycles. The zero-order chi connectivity index (χ0) is 9.56. The van der Waals surface area contributed by atoms with E-state index in [9.17, 15) is 4.79 Å². The average Bonchev–Trinajstić information content (AvgIpc) is 2.03. The lowest BCUT2D eigenvalue weighted by Crippen LogP contribution is -2.28. The highest BCUT2D eigenvalue weighted by Gasteiger charge is 2.05. The van der Waals surface area contributed by atoms with Crippen molar-refractivity contribution in [1.82, 2.24) is 0 Å². The van der Waals surface area contributed by atoms with Gasteiger partial charge in [-0.2, -0.15) is 0 Å². The molecule has 2 atom stereocenters. The molecule has 5 heteroatoms. The fourth-order valence-electron chi connectivity index (χ4n) is 0.557. The van der Waals surface area contributed by atoms with E-state index in [0.717, 1.165) is 0 Å². The van der Waals surface area contributed by atoms with Crippen LogP contribution in [-0.2, 0) is 4.79 Å². The maximum absolute atomic E-state index is 10.2. The molecule has 0 spiro atoms. The Kier molecular flexibility index (Phi) is 5.27. The fraction of sp³-hybridized carbons (Fsp3) is 0.571. The zero-order valence-electron chi connectivity index (χ0n) is 6.68. The van der Waals surface area contributed by atoms with E-state index in [1.165, 1.54) is 6.08 Å². The molecule has 0 radical (unpaired) electrons. The molecular formula is C7H14N2O3. The van der Waals surface area contributed by atoms with E-state index in [-0.39, 0.29) is 12.6 Å². The molecule has 0 bridgehead atoms. The molecule has 0 amide bonds. The number of aliphatic hydroxyl groups is 1. The van der Waals surface area contributed by atoms with E-state index in [2.05, 4.69) is 0 Å². The van der Waals surface area contributed by atoms with Crippen molar-refractivity contribution >= 4 is 5.97 Å². The summed E-state index contributed by atoms with van der Waals surface area (Å²) >= 11 is 0. The van der Waals surface area contributed by atoms with Crippen LogP contribution in [-0.4, -0.2) is 34.9 Å². The molecule has 70 valence electrons. The predicted octanol–water partition coefficient (Wildman–Crippen LogP) is -1.34. The minimum atomic E-state index is -1.08. The molecule has 0 aliphatic carbocycles. The third kappa shape index (κ3) is 4.84. The Hall–Kier alpha value is -0.910. The summed E-state index contributed by atoms with van der Waals surface area (Å²) < 4.78 is 0. The SMILES string of the molecule is NC(CO)CC=CC(N)C(=O)O. The van der Waals surface area contributed by atoms with E-state index >= 15 is 0 Å². The van der Waals surface area contributed by atoms with Crippen molar-refractivity contribution < 1.29 is 15.0 Å². The summed E-state index contributed by atoms with van der Waals surface area (Å²) in [6, 6.07) is -1.34. The number of aliphatic hydroxyl groups excluding tert-OH is 1. The Labute approximate surface area is 70.7 Å². The molecule has 0 fully saturated rings. The molecule has 2 unspecified atom stereocenters. The van der Waals surface area contributed by atoms with Crippen LogP contribution in [0.1, 0.15) is 6.42 Å². The third-order valence-corrected chi connectivity index (χ3v) is 1.30. The molecular weight excluding hydrogens is 160 g/mol. The maximum atomic E-state index is 10.2. The van der Waals surface area contributed by atoms with Crippen molar-refractivity contribution in [2.45, 2.75) is 18.5 Å². The summed E-state index contributed by atoms with van der Waals surface area (Å²) in [5.41, 5.74) is 10.5. The van der Waals surface area contributed by atoms with Crippen LogP contribution < -0.4 is 11.5 Å². The normalized spacial score (nSPS) is 16.2. The second-order valence-corrected chi connectivity index (χ2v) is 2.47. The number of nitrogens with two attached hydrogens (primary N) is 2. The van der Waals surface area contributed by atoms with Crippen molar-refractivity contribution in [3.05, 3.63) is 12.2 Å². The smallest absolute Gasteiger partial charge is 0.324 e. The maximum Gasteiger partial charge on any atom is 0.324 e. The molecule has 6 N–H and O–H groups in total. The van der Waals surface area contributed by atoms with Crippen LogP contribution >= 0.6 is 0 Å². The molecule has 5 nitrogen and oxygen atoms in total. The fourth-order valence-corrected chi connectivity index (χ4v) is 0.557. The Bertz CT molecular complexity index is 170. The third-order valence-electron chi connectivity index (χ3n) is 1.30. The first-order chi connectivity index (χ1) is 5.57. The van der Waals surface area contributed by atoms with E-state index in [4.69, 9.17) is 21.7 Å². The van der Waals surface area contributed by atoms with Gasteiger partial charge in [0.05, 0.1) is 6.61 Å².